The van der Waals surface area contributed by atoms with Crippen LogP contribution in [0.4, 0.5) is 0 Å². The highest BCUT2D eigenvalue weighted by Gasteiger charge is 2.04. The van der Waals surface area contributed by atoms with E-state index in [1.807, 2.05) is 6.92 Å². The van der Waals surface area contributed by atoms with Gasteiger partial charge < -0.3 is 20.3 Å². The number of hydrogen-bond acceptors (Lipinski definition) is 4. The van der Waals surface area contributed by atoms with Gasteiger partial charge in [0.2, 0.25) is 0 Å². The van der Waals surface area contributed by atoms with Crippen molar-refractivity contribution in [2.24, 2.45) is 0 Å². The first-order valence-corrected chi connectivity index (χ1v) is 4.26. The lowest BCUT2D eigenvalue weighted by molar-refractivity contribution is 0.0615. The predicted molar refractivity (Wildman–Crippen MR) is 47.1 cm³/mol. The Morgan fingerprint density at radius 3 is 2.33 bits per heavy atom. The zero-order valence-corrected chi connectivity index (χ0v) is 7.79. The normalized spacial score (nSPS) is 16.0. The van der Waals surface area contributed by atoms with Gasteiger partial charge in [-0.15, -0.1) is 0 Å². The number of aliphatic hydroxyl groups excluding tert-OH is 2. The predicted octanol–water partition coefficient (Wildman–Crippen LogP) is -0.646. The van der Waals surface area contributed by atoms with Crippen LogP contribution in [0.1, 0.15) is 13.3 Å². The lowest BCUT2D eigenvalue weighted by Crippen LogP contribution is -2.34. The highest BCUT2D eigenvalue weighted by molar-refractivity contribution is 4.61. The van der Waals surface area contributed by atoms with Crippen molar-refractivity contribution in [3.05, 3.63) is 0 Å². The molecule has 0 fully saturated rings. The zero-order chi connectivity index (χ0) is 9.40. The van der Waals surface area contributed by atoms with E-state index in [2.05, 4.69) is 5.32 Å². The molecule has 0 aromatic rings. The molecule has 0 heterocycles. The van der Waals surface area contributed by atoms with Crippen molar-refractivity contribution in [3.63, 3.8) is 0 Å². The quantitative estimate of drug-likeness (QED) is 0.484. The van der Waals surface area contributed by atoms with Crippen molar-refractivity contribution in [1.29, 1.82) is 0 Å². The average molecular weight is 177 g/mol. The van der Waals surface area contributed by atoms with Crippen LogP contribution in [0.25, 0.3) is 0 Å². The molecule has 0 aliphatic rings. The third-order valence-electron chi connectivity index (χ3n) is 1.59. The maximum Gasteiger partial charge on any atom is 0.0897 e. The third kappa shape index (κ3) is 6.54. The summed E-state index contributed by atoms with van der Waals surface area (Å²) < 4.78 is 4.73. The molecule has 2 atom stereocenters. The summed E-state index contributed by atoms with van der Waals surface area (Å²) in [4.78, 5) is 0. The van der Waals surface area contributed by atoms with Crippen LogP contribution in [-0.4, -0.2) is 49.2 Å². The Morgan fingerprint density at radius 2 is 1.83 bits per heavy atom. The van der Waals surface area contributed by atoms with Crippen LogP contribution in [0, 0.1) is 0 Å². The van der Waals surface area contributed by atoms with Crippen molar-refractivity contribution >= 4 is 0 Å². The Morgan fingerprint density at radius 1 is 1.25 bits per heavy atom. The van der Waals surface area contributed by atoms with Crippen LogP contribution in [0.5, 0.6) is 0 Å². The van der Waals surface area contributed by atoms with Crippen molar-refractivity contribution in [1.82, 2.24) is 5.32 Å². The maximum atomic E-state index is 9.17. The van der Waals surface area contributed by atoms with Crippen molar-refractivity contribution < 1.29 is 14.9 Å². The van der Waals surface area contributed by atoms with Crippen LogP contribution in [0.15, 0.2) is 0 Å². The molecule has 0 aliphatic heterocycles. The van der Waals surface area contributed by atoms with Crippen LogP contribution < -0.4 is 5.32 Å². The van der Waals surface area contributed by atoms with Crippen LogP contribution >= 0.6 is 0 Å². The second-order valence-corrected chi connectivity index (χ2v) is 2.83. The first-order valence-electron chi connectivity index (χ1n) is 4.26. The number of rotatable bonds is 7. The van der Waals surface area contributed by atoms with Gasteiger partial charge in [0, 0.05) is 20.2 Å². The second kappa shape index (κ2) is 7.49. The van der Waals surface area contributed by atoms with E-state index in [1.165, 1.54) is 0 Å². The van der Waals surface area contributed by atoms with E-state index in [0.29, 0.717) is 19.7 Å². The lowest BCUT2D eigenvalue weighted by Gasteiger charge is -2.12. The molecule has 0 aromatic heterocycles. The van der Waals surface area contributed by atoms with E-state index in [1.54, 1.807) is 7.11 Å². The molecule has 0 amide bonds. The highest BCUT2D eigenvalue weighted by Crippen LogP contribution is 1.87. The molecule has 0 saturated heterocycles. The fourth-order valence-electron chi connectivity index (χ4n) is 0.812. The summed E-state index contributed by atoms with van der Waals surface area (Å²) in [7, 11) is 1.55. The third-order valence-corrected chi connectivity index (χ3v) is 1.59. The van der Waals surface area contributed by atoms with Crippen molar-refractivity contribution in [2.75, 3.05) is 26.8 Å². The Bertz CT molecular complexity index is 100. The minimum atomic E-state index is -0.487. The largest absolute Gasteiger partial charge is 0.392 e. The molecule has 12 heavy (non-hydrogen) atoms. The number of nitrogens with one attached hydrogen (secondary N) is 1. The minimum absolute atomic E-state index is 0.320. The summed E-state index contributed by atoms with van der Waals surface area (Å²) in [5, 5.41) is 21.2. The number of hydrogen-bond donors (Lipinski definition) is 3. The van der Waals surface area contributed by atoms with Crippen LogP contribution in [0.2, 0.25) is 0 Å². The minimum Gasteiger partial charge on any atom is -0.392 e. The summed E-state index contributed by atoms with van der Waals surface area (Å²) in [6.45, 7) is 3.23. The molecule has 4 nitrogen and oxygen atoms in total. The Hall–Kier alpha value is -0.160. The van der Waals surface area contributed by atoms with Gasteiger partial charge in [0.1, 0.15) is 0 Å². The standard InChI is InChI=1S/C8H19NO3/c1-3-7(10)4-9-5-8(11)6-12-2/h7-11H,3-6H2,1-2H3. The summed E-state index contributed by atoms with van der Waals surface area (Å²) >= 11 is 0. The summed E-state index contributed by atoms with van der Waals surface area (Å²) in [5.41, 5.74) is 0. The van der Waals surface area contributed by atoms with Gasteiger partial charge in [-0.25, -0.2) is 0 Å². The first-order chi connectivity index (χ1) is 5.70. The second-order valence-electron chi connectivity index (χ2n) is 2.83. The molecular formula is C8H19NO3. The summed E-state index contributed by atoms with van der Waals surface area (Å²) in [6.07, 6.45) is -0.0771. The van der Waals surface area contributed by atoms with Gasteiger partial charge in [0.05, 0.1) is 18.8 Å². The SMILES string of the molecule is CCC(O)CNCC(O)COC. The molecule has 0 aromatic carbocycles. The van der Waals surface area contributed by atoms with Crippen molar-refractivity contribution in [2.45, 2.75) is 25.6 Å². The van der Waals surface area contributed by atoms with E-state index < -0.39 is 6.10 Å². The molecule has 0 saturated carbocycles. The van der Waals surface area contributed by atoms with Gasteiger partial charge in [0.25, 0.3) is 0 Å². The van der Waals surface area contributed by atoms with E-state index in [4.69, 9.17) is 14.9 Å². The molecule has 0 spiro atoms. The topological polar surface area (TPSA) is 61.7 Å². The molecule has 4 heteroatoms. The molecule has 0 bridgehead atoms. The molecule has 3 N–H and O–H groups in total. The van der Waals surface area contributed by atoms with Crippen LogP contribution in [-0.2, 0) is 4.74 Å². The summed E-state index contributed by atoms with van der Waals surface area (Å²) in [5.74, 6) is 0. The van der Waals surface area contributed by atoms with Gasteiger partial charge >= 0.3 is 0 Å². The Labute approximate surface area is 73.5 Å². The zero-order valence-electron chi connectivity index (χ0n) is 7.79. The Kier molecular flexibility index (Phi) is 7.39. The lowest BCUT2D eigenvalue weighted by atomic mass is 10.3. The molecule has 0 radical (unpaired) electrons. The fourth-order valence-corrected chi connectivity index (χ4v) is 0.812. The molecule has 0 aliphatic carbocycles. The smallest absolute Gasteiger partial charge is 0.0897 e. The molecule has 2 unspecified atom stereocenters. The van der Waals surface area contributed by atoms with Crippen molar-refractivity contribution in [3.8, 4) is 0 Å². The van der Waals surface area contributed by atoms with E-state index in [0.717, 1.165) is 6.42 Å². The Balaban J connectivity index is 3.18. The van der Waals surface area contributed by atoms with Gasteiger partial charge in [-0.2, -0.15) is 0 Å². The van der Waals surface area contributed by atoms with Gasteiger partial charge in [-0.1, -0.05) is 6.92 Å². The van der Waals surface area contributed by atoms with E-state index >= 15 is 0 Å². The van der Waals surface area contributed by atoms with E-state index in [9.17, 15) is 0 Å². The highest BCUT2D eigenvalue weighted by atomic mass is 16.5. The van der Waals surface area contributed by atoms with Gasteiger partial charge in [0.15, 0.2) is 0 Å². The average Bonchev–Trinajstić information content (AvgIpc) is 2.04. The number of ether oxygens (including phenoxy) is 1. The number of methoxy groups -OCH3 is 1. The molecule has 0 rings (SSSR count). The molecular weight excluding hydrogens is 158 g/mol. The fraction of sp³-hybridized carbons (Fsp3) is 1.00. The number of aliphatic hydroxyl groups is 2. The maximum absolute atomic E-state index is 9.17. The first kappa shape index (κ1) is 11.8. The van der Waals surface area contributed by atoms with Crippen LogP contribution in [0.3, 0.4) is 0 Å². The monoisotopic (exact) mass is 177 g/mol. The molecule has 74 valence electrons. The van der Waals surface area contributed by atoms with Gasteiger partial charge in [-0.05, 0) is 6.42 Å². The summed E-state index contributed by atoms with van der Waals surface area (Å²) in [6, 6.07) is 0. The van der Waals surface area contributed by atoms with E-state index in [-0.39, 0.29) is 6.10 Å². The van der Waals surface area contributed by atoms with Gasteiger partial charge in [-0.3, -0.25) is 0 Å².